The van der Waals surface area contributed by atoms with E-state index in [4.69, 9.17) is 9.47 Å². The van der Waals surface area contributed by atoms with E-state index in [-0.39, 0.29) is 30.2 Å². The van der Waals surface area contributed by atoms with Gasteiger partial charge in [0.25, 0.3) is 5.91 Å². The highest BCUT2D eigenvalue weighted by molar-refractivity contribution is 5.94. The van der Waals surface area contributed by atoms with Crippen LogP contribution >= 0.6 is 0 Å². The van der Waals surface area contributed by atoms with E-state index in [2.05, 4.69) is 21.8 Å². The van der Waals surface area contributed by atoms with Gasteiger partial charge >= 0.3 is 0 Å². The van der Waals surface area contributed by atoms with Crippen LogP contribution in [0.2, 0.25) is 0 Å². The van der Waals surface area contributed by atoms with Gasteiger partial charge < -0.3 is 14.8 Å². The molecule has 2 aromatic rings. The summed E-state index contributed by atoms with van der Waals surface area (Å²) in [5.41, 5.74) is 2.79. The number of nitrogens with zero attached hydrogens (tertiary/aromatic N) is 3. The lowest BCUT2D eigenvalue weighted by molar-refractivity contribution is 0.0613. The first-order valence-corrected chi connectivity index (χ1v) is 11.2. The van der Waals surface area contributed by atoms with Crippen LogP contribution in [0.3, 0.4) is 0 Å². The molecule has 3 fully saturated rings. The van der Waals surface area contributed by atoms with Crippen LogP contribution in [0, 0.1) is 12.8 Å². The summed E-state index contributed by atoms with van der Waals surface area (Å²) in [5.74, 6) is 0.649. The molecule has 0 radical (unpaired) electrons. The summed E-state index contributed by atoms with van der Waals surface area (Å²) >= 11 is 0. The van der Waals surface area contributed by atoms with Crippen LogP contribution in [-0.2, 0) is 15.9 Å². The van der Waals surface area contributed by atoms with Gasteiger partial charge in [0.2, 0.25) is 0 Å². The van der Waals surface area contributed by atoms with Crippen molar-refractivity contribution in [2.24, 2.45) is 5.92 Å². The Bertz CT molecular complexity index is 892. The minimum atomic E-state index is -0.158. The zero-order chi connectivity index (χ0) is 20.5. The molecule has 30 heavy (non-hydrogen) atoms. The lowest BCUT2D eigenvalue weighted by Crippen LogP contribution is -2.44. The Balaban J connectivity index is 1.21. The molecular weight excluding hydrogens is 380 g/mol. The van der Waals surface area contributed by atoms with Gasteiger partial charge in [-0.15, -0.1) is 5.10 Å². The highest BCUT2D eigenvalue weighted by Crippen LogP contribution is 2.34. The van der Waals surface area contributed by atoms with Crippen molar-refractivity contribution in [2.75, 3.05) is 13.2 Å². The van der Waals surface area contributed by atoms with Gasteiger partial charge in [0, 0.05) is 11.8 Å². The lowest BCUT2D eigenvalue weighted by Gasteiger charge is -2.20. The maximum absolute atomic E-state index is 12.6. The van der Waals surface area contributed by atoms with Crippen molar-refractivity contribution >= 4 is 5.91 Å². The number of hydrogen-bond acceptors (Lipinski definition) is 5. The Hall–Kier alpha value is -2.25. The molecule has 1 aromatic heterocycles. The van der Waals surface area contributed by atoms with Crippen LogP contribution in [0.5, 0.6) is 0 Å². The standard InChI is InChI=1S/C23H30N4O3/c1-15-6-5-9-17(10-15)23(28)24-19-13-29-22-20(14-30-21(19)22)27-12-18(25-26-27)11-16-7-3-2-4-8-16/h5-6,9-10,12,16,19-22H,2-4,7-8,11,13-14H2,1H3,(H,24,28)/t19-,20-,21+,22+/m0/s1. The van der Waals surface area contributed by atoms with Gasteiger partial charge in [-0.3, -0.25) is 4.79 Å². The molecule has 3 aliphatic rings. The zero-order valence-electron chi connectivity index (χ0n) is 17.5. The fraction of sp³-hybridized carbons (Fsp3) is 0.609. The smallest absolute Gasteiger partial charge is 0.251 e. The number of carbonyl (C=O) groups excluding carboxylic acids is 1. The monoisotopic (exact) mass is 410 g/mol. The molecule has 1 N–H and O–H groups in total. The van der Waals surface area contributed by atoms with E-state index in [0.717, 1.165) is 23.6 Å². The number of amides is 1. The molecule has 3 heterocycles. The molecular formula is C23H30N4O3. The number of benzene rings is 1. The Morgan fingerprint density at radius 3 is 2.83 bits per heavy atom. The summed E-state index contributed by atoms with van der Waals surface area (Å²) < 4.78 is 14.0. The number of aryl methyl sites for hydroxylation is 1. The number of fused-ring (bicyclic) bond motifs is 1. The fourth-order valence-corrected chi connectivity index (χ4v) is 5.12. The van der Waals surface area contributed by atoms with Crippen molar-refractivity contribution in [2.45, 2.75) is 69.7 Å². The number of aromatic nitrogens is 3. The van der Waals surface area contributed by atoms with Gasteiger partial charge in [0.05, 0.1) is 24.9 Å². The summed E-state index contributed by atoms with van der Waals surface area (Å²) in [6.07, 6.45) is 9.44. The Morgan fingerprint density at radius 1 is 1.17 bits per heavy atom. The van der Waals surface area contributed by atoms with Crippen LogP contribution < -0.4 is 5.32 Å². The van der Waals surface area contributed by atoms with Crippen LogP contribution in [0.1, 0.15) is 59.8 Å². The van der Waals surface area contributed by atoms with Crippen molar-refractivity contribution in [3.63, 3.8) is 0 Å². The number of rotatable bonds is 5. The van der Waals surface area contributed by atoms with Gasteiger partial charge in [-0.05, 0) is 31.4 Å². The third-order valence-electron chi connectivity index (χ3n) is 6.74. The van der Waals surface area contributed by atoms with Crippen molar-refractivity contribution < 1.29 is 14.3 Å². The second-order valence-corrected chi connectivity index (χ2v) is 9.01. The quantitative estimate of drug-likeness (QED) is 0.820. The molecule has 4 atom stereocenters. The van der Waals surface area contributed by atoms with Gasteiger partial charge in [0.1, 0.15) is 18.2 Å². The van der Waals surface area contributed by atoms with Gasteiger partial charge in [-0.25, -0.2) is 4.68 Å². The van der Waals surface area contributed by atoms with E-state index >= 15 is 0 Å². The van der Waals surface area contributed by atoms with Crippen molar-refractivity contribution in [1.29, 1.82) is 0 Å². The average molecular weight is 411 g/mol. The first-order chi connectivity index (χ1) is 14.7. The topological polar surface area (TPSA) is 78.3 Å². The van der Waals surface area contributed by atoms with E-state index in [9.17, 15) is 4.79 Å². The van der Waals surface area contributed by atoms with Crippen LogP contribution in [0.15, 0.2) is 30.5 Å². The van der Waals surface area contributed by atoms with Crippen molar-refractivity contribution in [3.05, 3.63) is 47.3 Å². The number of ether oxygens (including phenoxy) is 2. The molecule has 160 valence electrons. The van der Waals surface area contributed by atoms with Gasteiger partial charge in [0.15, 0.2) is 0 Å². The van der Waals surface area contributed by atoms with Crippen LogP contribution in [0.4, 0.5) is 0 Å². The maximum atomic E-state index is 12.6. The molecule has 7 heteroatoms. The molecule has 1 aromatic carbocycles. The molecule has 2 saturated heterocycles. The molecule has 1 amide bonds. The first kappa shape index (κ1) is 19.7. The molecule has 0 unspecified atom stereocenters. The summed E-state index contributed by atoms with van der Waals surface area (Å²) in [6.45, 7) is 2.96. The normalized spacial score (nSPS) is 29.1. The van der Waals surface area contributed by atoms with E-state index in [1.165, 1.54) is 32.1 Å². The Labute approximate surface area is 177 Å². The summed E-state index contributed by atoms with van der Waals surface area (Å²) in [6, 6.07) is 7.45. The molecule has 5 rings (SSSR count). The molecule has 1 saturated carbocycles. The highest BCUT2D eigenvalue weighted by atomic mass is 16.6. The van der Waals surface area contributed by atoms with Crippen molar-refractivity contribution in [3.8, 4) is 0 Å². The largest absolute Gasteiger partial charge is 0.371 e. The number of hydrogen-bond donors (Lipinski definition) is 1. The second kappa shape index (κ2) is 8.47. The SMILES string of the molecule is Cc1cccc(C(=O)N[C@H]2CO[C@H]3[C@@H]2OC[C@@H]3n2cc(CC3CCCCC3)nn2)c1. The number of nitrogens with one attached hydrogen (secondary N) is 1. The molecule has 0 bridgehead atoms. The van der Waals surface area contributed by atoms with E-state index in [1.807, 2.05) is 35.9 Å². The second-order valence-electron chi connectivity index (χ2n) is 9.01. The summed E-state index contributed by atoms with van der Waals surface area (Å²) in [4.78, 5) is 12.6. The van der Waals surface area contributed by atoms with E-state index in [0.29, 0.717) is 18.8 Å². The third kappa shape index (κ3) is 4.01. The summed E-state index contributed by atoms with van der Waals surface area (Å²) in [7, 11) is 0. The fourth-order valence-electron chi connectivity index (χ4n) is 5.12. The highest BCUT2D eigenvalue weighted by Gasteiger charge is 2.49. The molecule has 2 aliphatic heterocycles. The van der Waals surface area contributed by atoms with Crippen LogP contribution in [-0.4, -0.2) is 52.4 Å². The maximum Gasteiger partial charge on any atom is 0.251 e. The summed E-state index contributed by atoms with van der Waals surface area (Å²) in [5, 5.41) is 11.9. The van der Waals surface area contributed by atoms with E-state index < -0.39 is 0 Å². The van der Waals surface area contributed by atoms with E-state index in [1.54, 1.807) is 0 Å². The first-order valence-electron chi connectivity index (χ1n) is 11.2. The minimum Gasteiger partial charge on any atom is -0.371 e. The zero-order valence-corrected chi connectivity index (χ0v) is 17.5. The van der Waals surface area contributed by atoms with Crippen LogP contribution in [0.25, 0.3) is 0 Å². The molecule has 0 spiro atoms. The Morgan fingerprint density at radius 2 is 2.00 bits per heavy atom. The molecule has 1 aliphatic carbocycles. The number of carbonyl (C=O) groups is 1. The lowest BCUT2D eigenvalue weighted by atomic mass is 9.86. The predicted molar refractivity (Wildman–Crippen MR) is 111 cm³/mol. The third-order valence-corrected chi connectivity index (χ3v) is 6.74. The predicted octanol–water partition coefficient (Wildman–Crippen LogP) is 2.85. The van der Waals surface area contributed by atoms with Gasteiger partial charge in [-0.1, -0.05) is 55.0 Å². The van der Waals surface area contributed by atoms with Gasteiger partial charge in [-0.2, -0.15) is 0 Å². The Kier molecular flexibility index (Phi) is 5.56. The average Bonchev–Trinajstić information content (AvgIpc) is 3.47. The van der Waals surface area contributed by atoms with Crippen molar-refractivity contribution in [1.82, 2.24) is 20.3 Å². The molecule has 7 nitrogen and oxygen atoms in total. The minimum absolute atomic E-state index is 0.00322.